The van der Waals surface area contributed by atoms with Gasteiger partial charge in [0.25, 0.3) is 0 Å². The van der Waals surface area contributed by atoms with Crippen LogP contribution in [0, 0.1) is 5.92 Å². The Morgan fingerprint density at radius 2 is 1.57 bits per heavy atom. The first-order valence-corrected chi connectivity index (χ1v) is 11.9. The molecule has 3 aromatic rings. The number of amides is 1. The molecule has 3 aromatic carbocycles. The summed E-state index contributed by atoms with van der Waals surface area (Å²) in [6.07, 6.45) is 0. The van der Waals surface area contributed by atoms with Crippen molar-refractivity contribution in [1.82, 2.24) is 4.90 Å². The Morgan fingerprint density at radius 1 is 0.919 bits per heavy atom. The number of carbonyl (C=O) groups is 2. The molecule has 1 fully saturated rings. The van der Waals surface area contributed by atoms with Crippen molar-refractivity contribution in [3.63, 3.8) is 0 Å². The Balaban J connectivity index is 1.89. The van der Waals surface area contributed by atoms with Gasteiger partial charge in [-0.05, 0) is 17.7 Å². The third-order valence-corrected chi connectivity index (χ3v) is 7.46. The van der Waals surface area contributed by atoms with Crippen LogP contribution in [0.15, 0.2) is 66.7 Å². The van der Waals surface area contributed by atoms with Gasteiger partial charge in [-0.3, -0.25) is 9.59 Å². The summed E-state index contributed by atoms with van der Waals surface area (Å²) in [5.74, 6) is -1.65. The van der Waals surface area contributed by atoms with Crippen molar-refractivity contribution in [3.05, 3.63) is 83.4 Å². The molecular weight excluding hydrogens is 474 g/mol. The number of benzene rings is 3. The summed E-state index contributed by atoms with van der Waals surface area (Å²) < 4.78 is 23.1. The lowest BCUT2D eigenvalue weighted by molar-refractivity contribution is -0.153. The van der Waals surface area contributed by atoms with Crippen LogP contribution in [0.1, 0.15) is 22.6 Å². The topological polar surface area (TPSA) is 94.5 Å². The average molecular weight is 504 g/mol. The minimum Gasteiger partial charge on any atom is -0.497 e. The number of methoxy groups -OCH3 is 3. The van der Waals surface area contributed by atoms with Crippen LogP contribution in [0.3, 0.4) is 0 Å². The van der Waals surface area contributed by atoms with Crippen molar-refractivity contribution in [3.8, 4) is 23.0 Å². The first kappa shape index (κ1) is 24.6. The number of carbonyl (C=O) groups excluding carboxylic acids is 2. The van der Waals surface area contributed by atoms with Crippen molar-refractivity contribution in [1.29, 1.82) is 0 Å². The molecular formula is C29H29NO7. The molecule has 5 rings (SSSR count). The molecule has 0 spiro atoms. The van der Waals surface area contributed by atoms with Gasteiger partial charge in [0, 0.05) is 31.8 Å². The summed E-state index contributed by atoms with van der Waals surface area (Å²) in [7, 11) is 7.70. The van der Waals surface area contributed by atoms with E-state index in [1.165, 1.54) is 19.1 Å². The molecule has 37 heavy (non-hydrogen) atoms. The fourth-order valence-corrected chi connectivity index (χ4v) is 5.83. The molecule has 2 unspecified atom stereocenters. The van der Waals surface area contributed by atoms with Gasteiger partial charge >= 0.3 is 0 Å². The number of aliphatic hydroxyl groups is 1. The van der Waals surface area contributed by atoms with E-state index in [9.17, 15) is 14.7 Å². The number of hydrogen-bond acceptors (Lipinski definition) is 7. The highest BCUT2D eigenvalue weighted by molar-refractivity contribution is 6.11. The standard InChI is InChI=1S/C29H29NO7/c1-30(2)27(32)23-24(17-9-7-6-8-10-17)29(18-11-13-19(34-3)14-12-18)28(33,26(23)31)25-21(36-5)15-20(35-4)16-22(25)37-29/h6-16,23-24,33H,1-5H3/t23?,24?,28-,29-/m0/s1. The van der Waals surface area contributed by atoms with Gasteiger partial charge in [-0.1, -0.05) is 42.5 Å². The van der Waals surface area contributed by atoms with E-state index in [1.807, 2.05) is 30.3 Å². The number of Topliss-reactive ketones (excluding diaryl/α,β-unsaturated/α-hetero) is 1. The first-order chi connectivity index (χ1) is 17.7. The lowest BCUT2D eigenvalue weighted by atomic mass is 9.70. The van der Waals surface area contributed by atoms with Gasteiger partial charge in [-0.15, -0.1) is 0 Å². The fraction of sp³-hybridized carbons (Fsp3) is 0.310. The molecule has 4 atom stereocenters. The molecule has 1 aliphatic carbocycles. The van der Waals surface area contributed by atoms with Crippen LogP contribution < -0.4 is 18.9 Å². The zero-order chi connectivity index (χ0) is 26.5. The lowest BCUT2D eigenvalue weighted by Crippen LogP contribution is -2.50. The summed E-state index contributed by atoms with van der Waals surface area (Å²) in [5, 5.41) is 12.7. The molecule has 0 radical (unpaired) electrons. The third kappa shape index (κ3) is 3.25. The molecule has 1 N–H and O–H groups in total. The average Bonchev–Trinajstić information content (AvgIpc) is 3.30. The maximum absolute atomic E-state index is 14.4. The van der Waals surface area contributed by atoms with E-state index in [-0.39, 0.29) is 17.1 Å². The second-order valence-electron chi connectivity index (χ2n) is 9.44. The van der Waals surface area contributed by atoms with Crippen LogP contribution in [0.25, 0.3) is 0 Å². The van der Waals surface area contributed by atoms with Crippen LogP contribution in [-0.2, 0) is 20.8 Å². The largest absolute Gasteiger partial charge is 0.497 e. The zero-order valence-corrected chi connectivity index (χ0v) is 21.3. The number of fused-ring (bicyclic) bond motifs is 3. The van der Waals surface area contributed by atoms with Gasteiger partial charge < -0.3 is 29.0 Å². The van der Waals surface area contributed by atoms with Gasteiger partial charge in [0.1, 0.15) is 28.9 Å². The Hall–Kier alpha value is -4.04. The maximum atomic E-state index is 14.4. The highest BCUT2D eigenvalue weighted by atomic mass is 16.5. The molecule has 0 bridgehead atoms. The molecule has 1 heterocycles. The van der Waals surface area contributed by atoms with Crippen LogP contribution in [0.4, 0.5) is 0 Å². The Labute approximate surface area is 215 Å². The lowest BCUT2D eigenvalue weighted by Gasteiger charge is -2.39. The molecule has 1 aliphatic heterocycles. The van der Waals surface area contributed by atoms with Gasteiger partial charge in [0.2, 0.25) is 11.5 Å². The van der Waals surface area contributed by atoms with Crippen molar-refractivity contribution in [2.75, 3.05) is 35.4 Å². The van der Waals surface area contributed by atoms with E-state index < -0.39 is 34.7 Å². The van der Waals surface area contributed by atoms with Crippen LogP contribution in [0.5, 0.6) is 23.0 Å². The van der Waals surface area contributed by atoms with Crippen LogP contribution in [-0.4, -0.2) is 57.1 Å². The normalized spacial score (nSPS) is 25.6. The van der Waals surface area contributed by atoms with E-state index >= 15 is 0 Å². The minimum absolute atomic E-state index is 0.173. The number of ether oxygens (including phenoxy) is 4. The molecule has 1 saturated carbocycles. The Kier molecular flexibility index (Phi) is 5.87. The molecule has 192 valence electrons. The van der Waals surface area contributed by atoms with E-state index in [0.29, 0.717) is 22.6 Å². The highest BCUT2D eigenvalue weighted by Crippen LogP contribution is 2.69. The van der Waals surface area contributed by atoms with Crippen molar-refractivity contribution < 1.29 is 33.6 Å². The van der Waals surface area contributed by atoms with Crippen molar-refractivity contribution >= 4 is 11.7 Å². The summed E-state index contributed by atoms with van der Waals surface area (Å²) in [6, 6.07) is 19.4. The molecule has 0 saturated heterocycles. The SMILES string of the molecule is COc1ccc([C@@]23Oc4cc(OC)cc(OC)c4[C@]2(O)C(=O)C(C(=O)N(C)C)C3c2ccccc2)cc1. The van der Waals surface area contributed by atoms with Gasteiger partial charge in [-0.2, -0.15) is 0 Å². The molecule has 1 amide bonds. The van der Waals surface area contributed by atoms with Crippen molar-refractivity contribution in [2.45, 2.75) is 17.1 Å². The summed E-state index contributed by atoms with van der Waals surface area (Å²) >= 11 is 0. The summed E-state index contributed by atoms with van der Waals surface area (Å²) in [6.45, 7) is 0. The maximum Gasteiger partial charge on any atom is 0.233 e. The summed E-state index contributed by atoms with van der Waals surface area (Å²) in [5.41, 5.74) is -2.56. The van der Waals surface area contributed by atoms with Gasteiger partial charge in [0.15, 0.2) is 11.4 Å². The second kappa shape index (κ2) is 8.81. The highest BCUT2D eigenvalue weighted by Gasteiger charge is 2.78. The second-order valence-corrected chi connectivity index (χ2v) is 9.44. The molecule has 8 heteroatoms. The minimum atomic E-state index is -2.24. The molecule has 8 nitrogen and oxygen atoms in total. The number of ketones is 1. The summed E-state index contributed by atoms with van der Waals surface area (Å²) in [4.78, 5) is 29.4. The predicted octanol–water partition coefficient (Wildman–Crippen LogP) is 3.26. The van der Waals surface area contributed by atoms with E-state index in [1.54, 1.807) is 57.6 Å². The predicted molar refractivity (Wildman–Crippen MR) is 135 cm³/mol. The number of rotatable bonds is 6. The fourth-order valence-electron chi connectivity index (χ4n) is 5.83. The zero-order valence-electron chi connectivity index (χ0n) is 21.3. The third-order valence-electron chi connectivity index (χ3n) is 7.46. The monoisotopic (exact) mass is 503 g/mol. The Bertz CT molecular complexity index is 1350. The van der Waals surface area contributed by atoms with Crippen molar-refractivity contribution in [2.24, 2.45) is 5.92 Å². The smallest absolute Gasteiger partial charge is 0.233 e. The quantitative estimate of drug-likeness (QED) is 0.516. The Morgan fingerprint density at radius 3 is 2.14 bits per heavy atom. The molecule has 2 aliphatic rings. The van der Waals surface area contributed by atoms with Gasteiger partial charge in [0.05, 0.1) is 32.8 Å². The first-order valence-electron chi connectivity index (χ1n) is 11.9. The van der Waals surface area contributed by atoms with E-state index in [2.05, 4.69) is 0 Å². The van der Waals surface area contributed by atoms with Crippen LogP contribution >= 0.6 is 0 Å². The van der Waals surface area contributed by atoms with Crippen LogP contribution in [0.2, 0.25) is 0 Å². The number of hydrogen-bond donors (Lipinski definition) is 1. The van der Waals surface area contributed by atoms with E-state index in [4.69, 9.17) is 18.9 Å². The number of nitrogens with zero attached hydrogens (tertiary/aromatic N) is 1. The van der Waals surface area contributed by atoms with Gasteiger partial charge in [-0.25, -0.2) is 0 Å². The molecule has 0 aromatic heterocycles. The van der Waals surface area contributed by atoms with E-state index in [0.717, 1.165) is 0 Å².